The molecular formula is C96H194O39. The van der Waals surface area contributed by atoms with Crippen molar-refractivity contribution < 1.29 is 185 Å². The first-order chi connectivity index (χ1) is 67.4. The third kappa shape index (κ3) is 132. The van der Waals surface area contributed by atoms with E-state index in [2.05, 4.69) is 0 Å². The number of aliphatic hydroxyl groups is 2. The summed E-state index contributed by atoms with van der Waals surface area (Å²) in [4.78, 5) is 0. The van der Waals surface area contributed by atoms with Crippen LogP contribution >= 0.6 is 0 Å². The molecule has 0 atom stereocenters. The van der Waals surface area contributed by atoms with Crippen LogP contribution in [-0.4, -0.2) is 512 Å². The molecule has 2 N–H and O–H groups in total. The predicted molar refractivity (Wildman–Crippen MR) is 507 cm³/mol. The Hall–Kier alpha value is -1.56. The third-order valence-electron chi connectivity index (χ3n) is 18.0. The van der Waals surface area contributed by atoms with Crippen molar-refractivity contribution >= 4 is 0 Å². The number of hydrogen-bond acceptors (Lipinski definition) is 39. The minimum atomic E-state index is 0.0188. The Balaban J connectivity index is 3.10. The fraction of sp³-hybridized carbons (Fsp3) is 1.00. The lowest BCUT2D eigenvalue weighted by molar-refractivity contribution is -0.0258. The molecule has 0 aliphatic carbocycles. The van der Waals surface area contributed by atoms with Crippen LogP contribution in [0.1, 0.15) is 128 Å². The van der Waals surface area contributed by atoms with E-state index < -0.39 is 0 Å². The minimum absolute atomic E-state index is 0.0188. The summed E-state index contributed by atoms with van der Waals surface area (Å²) in [5, 5.41) is 17.3. The maximum Gasteiger partial charge on any atom is 0.0701 e. The van der Waals surface area contributed by atoms with Crippen molar-refractivity contribution in [2.45, 2.75) is 128 Å². The van der Waals surface area contributed by atoms with Gasteiger partial charge in [0.1, 0.15) is 0 Å². The summed E-state index contributed by atoms with van der Waals surface area (Å²) >= 11 is 0. The van der Waals surface area contributed by atoms with Gasteiger partial charge in [-0.3, -0.25) is 0 Å². The normalized spacial score (nSPS) is 11.9. The summed E-state index contributed by atoms with van der Waals surface area (Å²) in [5.74, 6) is 0. The Kier molecular flexibility index (Phi) is 131. The van der Waals surface area contributed by atoms with E-state index in [1.54, 1.807) is 0 Å². The highest BCUT2D eigenvalue weighted by atomic mass is 16.6. The smallest absolute Gasteiger partial charge is 0.0701 e. The van der Waals surface area contributed by atoms with Crippen molar-refractivity contribution in [2.24, 2.45) is 0 Å². The maximum atomic E-state index is 8.63. The Morgan fingerprint density at radius 2 is 0.104 bits per heavy atom. The van der Waals surface area contributed by atoms with Gasteiger partial charge in [-0.1, -0.05) is 0 Å². The van der Waals surface area contributed by atoms with E-state index in [-0.39, 0.29) is 13.2 Å². The summed E-state index contributed by atoms with van der Waals surface area (Å²) in [5.41, 5.74) is 0. The van der Waals surface area contributed by atoms with Crippen molar-refractivity contribution in [2.75, 3.05) is 502 Å². The summed E-state index contributed by atoms with van der Waals surface area (Å²) in [6, 6.07) is 0. The van der Waals surface area contributed by atoms with E-state index >= 15 is 0 Å². The molecule has 39 heteroatoms. The topological polar surface area (TPSA) is 382 Å². The Morgan fingerprint density at radius 1 is 0.0593 bits per heavy atom. The first kappa shape index (κ1) is 133. The van der Waals surface area contributed by atoms with E-state index in [0.717, 1.165) is 128 Å². The predicted octanol–water partition coefficient (Wildman–Crippen LogP) is 7.39. The molecule has 0 fully saturated rings. The van der Waals surface area contributed by atoms with Gasteiger partial charge in [-0.25, -0.2) is 0 Å². The fourth-order valence-electron chi connectivity index (χ4n) is 11.1. The van der Waals surface area contributed by atoms with Crippen LogP contribution in [0, 0.1) is 0 Å². The van der Waals surface area contributed by atoms with Crippen LogP contribution in [0.5, 0.6) is 0 Å². The third-order valence-corrected chi connectivity index (χ3v) is 18.0. The summed E-state index contributed by atoms with van der Waals surface area (Å²) in [6.45, 7) is 44.0. The molecule has 0 aromatic heterocycles. The van der Waals surface area contributed by atoms with E-state index in [1.165, 1.54) is 0 Å². The van der Waals surface area contributed by atoms with Crippen molar-refractivity contribution in [3.05, 3.63) is 0 Å². The summed E-state index contributed by atoms with van der Waals surface area (Å²) in [7, 11) is 0. The van der Waals surface area contributed by atoms with Gasteiger partial charge in [0.2, 0.25) is 0 Å². The zero-order chi connectivity index (χ0) is 96.0. The van der Waals surface area contributed by atoms with Crippen LogP contribution in [-0.2, 0) is 175 Å². The zero-order valence-corrected chi connectivity index (χ0v) is 83.9. The second kappa shape index (κ2) is 132. The molecule has 39 nitrogen and oxygen atoms in total. The Morgan fingerprint density at radius 3 is 0.163 bits per heavy atom. The monoisotopic (exact) mass is 1970 g/mol. The van der Waals surface area contributed by atoms with Gasteiger partial charge < -0.3 is 185 Å². The molecular weight excluding hydrogens is 1780 g/mol. The molecule has 0 radical (unpaired) electrons. The van der Waals surface area contributed by atoms with Crippen LogP contribution in [0.3, 0.4) is 0 Å². The van der Waals surface area contributed by atoms with Crippen molar-refractivity contribution in [1.82, 2.24) is 0 Å². The van der Waals surface area contributed by atoms with Crippen LogP contribution in [0.4, 0.5) is 0 Å². The highest BCUT2D eigenvalue weighted by Gasteiger charge is 2.06. The fourth-order valence-corrected chi connectivity index (χ4v) is 11.1. The van der Waals surface area contributed by atoms with Gasteiger partial charge in [0.15, 0.2) is 0 Å². The molecule has 0 aromatic carbocycles. The quantitative estimate of drug-likeness (QED) is 0.0560. The van der Waals surface area contributed by atoms with Gasteiger partial charge in [-0.15, -0.1) is 0 Å². The number of hydrogen-bond donors (Lipinski definition) is 2. The Labute approximate surface area is 812 Å². The Bertz CT molecular complexity index is 1720. The molecule has 0 aliphatic rings. The number of aliphatic hydroxyl groups excluding tert-OH is 2. The van der Waals surface area contributed by atoms with Gasteiger partial charge in [0, 0.05) is 264 Å². The van der Waals surface area contributed by atoms with Gasteiger partial charge in [0.25, 0.3) is 0 Å². The molecule has 135 heavy (non-hydrogen) atoms. The number of rotatable bonds is 132. The average molecular weight is 1970 g/mol. The van der Waals surface area contributed by atoms with Crippen molar-refractivity contribution in [3.63, 3.8) is 0 Å². The van der Waals surface area contributed by atoms with Crippen LogP contribution in [0.2, 0.25) is 0 Å². The lowest BCUT2D eigenvalue weighted by Gasteiger charge is -2.09. The standard InChI is InChI=1S/C96H194O39/c97-21-63-120-67-71-124-75-79-128-83-87-132-91-95-134-93-89-130-85-81-126-77-73-122-69-65-118-61-19-59-116-57-17-55-114-53-15-51-112-49-13-47-110-45-11-43-108-41-9-39-106-37-7-35-104-33-5-31-102-29-3-27-100-25-1-23-99-24-2-26-101-28-4-30-103-32-6-34-105-36-8-38-107-40-10-42-109-44-12-46-111-48-14-50-113-52-16-54-115-56-18-58-117-60-20-62-119-66-70-123-74-78-127-82-86-131-90-94-135-96-92-133-88-84-129-80-76-125-72-68-121-64-22-98/h97-98H,1-96H2. The second-order valence-electron chi connectivity index (χ2n) is 30.2. The van der Waals surface area contributed by atoms with Crippen LogP contribution in [0.25, 0.3) is 0 Å². The van der Waals surface area contributed by atoms with Gasteiger partial charge in [0.05, 0.1) is 238 Å². The number of ether oxygens (including phenoxy) is 37. The molecule has 0 aliphatic heterocycles. The van der Waals surface area contributed by atoms with E-state index in [4.69, 9.17) is 185 Å². The van der Waals surface area contributed by atoms with Crippen molar-refractivity contribution in [1.29, 1.82) is 0 Å². The lowest BCUT2D eigenvalue weighted by Crippen LogP contribution is -2.15. The van der Waals surface area contributed by atoms with E-state index in [9.17, 15) is 0 Å². The molecule has 0 unspecified atom stereocenters. The maximum absolute atomic E-state index is 8.63. The molecule has 0 spiro atoms. The zero-order valence-electron chi connectivity index (χ0n) is 83.9. The summed E-state index contributed by atoms with van der Waals surface area (Å²) < 4.78 is 207. The second-order valence-corrected chi connectivity index (χ2v) is 30.2. The minimum Gasteiger partial charge on any atom is -0.394 e. The van der Waals surface area contributed by atoms with E-state index in [1.807, 2.05) is 0 Å². The van der Waals surface area contributed by atoms with Gasteiger partial charge in [-0.05, 0) is 128 Å². The van der Waals surface area contributed by atoms with Gasteiger partial charge in [-0.2, -0.15) is 0 Å². The SMILES string of the molecule is OCCOCCOCCOCCOCCOCCOCCOCCOCCOCCCOCCCOCCCOCCCOCCCOCCCOCCCOCCCOCCCOCCCOCCCOCCCOCCCOCCCOCCCOCCCOCCCOCCCOCCCOCCCOCCOCCOCCOCCOCCOCCOCCOCCOCCO. The largest absolute Gasteiger partial charge is 0.394 e. The molecule has 0 rings (SSSR count). The molecule has 0 bridgehead atoms. The molecule has 0 aromatic rings. The van der Waals surface area contributed by atoms with Gasteiger partial charge >= 0.3 is 0 Å². The highest BCUT2D eigenvalue weighted by molar-refractivity contribution is 4.52. The van der Waals surface area contributed by atoms with Crippen LogP contribution in [0.15, 0.2) is 0 Å². The molecule has 0 amide bonds. The average Bonchev–Trinajstić information content (AvgIpc) is 1.14. The first-order valence-corrected chi connectivity index (χ1v) is 51.0. The van der Waals surface area contributed by atoms with Crippen molar-refractivity contribution in [3.8, 4) is 0 Å². The molecule has 0 saturated heterocycles. The molecule has 0 saturated carbocycles. The van der Waals surface area contributed by atoms with Crippen LogP contribution < -0.4 is 0 Å². The summed E-state index contributed by atoms with van der Waals surface area (Å²) in [6.07, 6.45) is 17.4. The lowest BCUT2D eigenvalue weighted by atomic mass is 10.4. The molecule has 0 heterocycles. The molecule has 812 valence electrons. The highest BCUT2D eigenvalue weighted by Crippen LogP contribution is 2.03. The van der Waals surface area contributed by atoms with E-state index in [0.29, 0.717) is 489 Å². The first-order valence-electron chi connectivity index (χ1n) is 51.0.